The van der Waals surface area contributed by atoms with E-state index < -0.39 is 18.0 Å². The Labute approximate surface area is 118 Å². The summed E-state index contributed by atoms with van der Waals surface area (Å²) in [5.74, 6) is 0.178. The minimum absolute atomic E-state index is 0.281. The topological polar surface area (TPSA) is 78.4 Å². The molecule has 3 atom stereocenters. The number of nitrogens with one attached hydrogen (secondary N) is 2. The average molecular weight is 276 g/mol. The summed E-state index contributed by atoms with van der Waals surface area (Å²) in [7, 11) is 0. The molecule has 0 heterocycles. The summed E-state index contributed by atoms with van der Waals surface area (Å²) in [5.41, 5.74) is 0.885. The van der Waals surface area contributed by atoms with Gasteiger partial charge in [0.1, 0.15) is 6.04 Å². The minimum atomic E-state index is -1.02. The van der Waals surface area contributed by atoms with Crippen LogP contribution in [0.4, 0.5) is 4.79 Å². The first kappa shape index (κ1) is 14.4. The lowest BCUT2D eigenvalue weighted by Crippen LogP contribution is -2.47. The van der Waals surface area contributed by atoms with Gasteiger partial charge in [-0.1, -0.05) is 37.3 Å². The van der Waals surface area contributed by atoms with E-state index in [2.05, 4.69) is 17.6 Å². The lowest BCUT2D eigenvalue weighted by Gasteiger charge is -2.15. The van der Waals surface area contributed by atoms with Crippen LogP contribution in [0.25, 0.3) is 0 Å². The monoisotopic (exact) mass is 276 g/mol. The summed E-state index contributed by atoms with van der Waals surface area (Å²) in [6.07, 6.45) is 1.41. The molecule has 0 saturated heterocycles. The molecule has 0 aromatic heterocycles. The third-order valence-corrected chi connectivity index (χ3v) is 3.69. The second-order valence-electron chi connectivity index (χ2n) is 5.41. The van der Waals surface area contributed by atoms with Gasteiger partial charge in [-0.25, -0.2) is 9.59 Å². The van der Waals surface area contributed by atoms with Crippen molar-refractivity contribution < 1.29 is 14.7 Å². The van der Waals surface area contributed by atoms with E-state index in [9.17, 15) is 14.7 Å². The van der Waals surface area contributed by atoms with E-state index >= 15 is 0 Å². The van der Waals surface area contributed by atoms with Gasteiger partial charge in [-0.2, -0.15) is 0 Å². The van der Waals surface area contributed by atoms with Gasteiger partial charge in [0, 0.05) is 13.0 Å². The highest BCUT2D eigenvalue weighted by atomic mass is 16.4. The van der Waals surface area contributed by atoms with Gasteiger partial charge in [-0.05, 0) is 23.8 Å². The van der Waals surface area contributed by atoms with Gasteiger partial charge in [-0.15, -0.1) is 0 Å². The highest BCUT2D eigenvalue weighted by Crippen LogP contribution is 2.36. The third kappa shape index (κ3) is 4.26. The Morgan fingerprint density at radius 3 is 2.55 bits per heavy atom. The predicted octanol–water partition coefficient (Wildman–Crippen LogP) is 1.64. The molecule has 0 bridgehead atoms. The number of benzene rings is 1. The van der Waals surface area contributed by atoms with Crippen LogP contribution < -0.4 is 10.6 Å². The van der Waals surface area contributed by atoms with Crippen LogP contribution in [0, 0.1) is 11.8 Å². The van der Waals surface area contributed by atoms with Crippen molar-refractivity contribution in [3.8, 4) is 0 Å². The molecule has 3 unspecified atom stereocenters. The average Bonchev–Trinajstić information content (AvgIpc) is 3.13. The van der Waals surface area contributed by atoms with Crippen LogP contribution in [0.3, 0.4) is 0 Å². The zero-order valence-electron chi connectivity index (χ0n) is 11.5. The van der Waals surface area contributed by atoms with Crippen molar-refractivity contribution in [2.75, 3.05) is 6.54 Å². The Morgan fingerprint density at radius 1 is 1.35 bits per heavy atom. The molecule has 3 N–H and O–H groups in total. The minimum Gasteiger partial charge on any atom is -0.480 e. The molecule has 1 saturated carbocycles. The maximum atomic E-state index is 11.7. The van der Waals surface area contributed by atoms with E-state index in [1.807, 2.05) is 30.3 Å². The highest BCUT2D eigenvalue weighted by Gasteiger charge is 2.32. The van der Waals surface area contributed by atoms with Crippen LogP contribution in [0.15, 0.2) is 30.3 Å². The van der Waals surface area contributed by atoms with Gasteiger partial charge in [-0.3, -0.25) is 0 Å². The summed E-state index contributed by atoms with van der Waals surface area (Å²) in [5, 5.41) is 14.4. The molecule has 5 nitrogen and oxygen atoms in total. The van der Waals surface area contributed by atoms with Crippen molar-refractivity contribution in [3.63, 3.8) is 0 Å². The van der Waals surface area contributed by atoms with E-state index in [4.69, 9.17) is 0 Å². The number of amides is 2. The van der Waals surface area contributed by atoms with Crippen LogP contribution in [-0.2, 0) is 11.2 Å². The zero-order valence-corrected chi connectivity index (χ0v) is 11.5. The van der Waals surface area contributed by atoms with Crippen LogP contribution in [0.5, 0.6) is 0 Å². The molecule has 108 valence electrons. The summed E-state index contributed by atoms with van der Waals surface area (Å²) in [6, 6.07) is 7.95. The second kappa shape index (κ2) is 6.41. The zero-order chi connectivity index (χ0) is 14.5. The molecule has 0 aliphatic heterocycles. The maximum absolute atomic E-state index is 11.7. The molecule has 1 aromatic carbocycles. The van der Waals surface area contributed by atoms with E-state index in [1.165, 1.54) is 0 Å². The number of aliphatic carboxylic acids is 1. The van der Waals surface area contributed by atoms with E-state index in [0.29, 0.717) is 18.4 Å². The number of carbonyl (C=O) groups is 2. The number of carboxylic acids is 1. The Morgan fingerprint density at radius 2 is 2.00 bits per heavy atom. The fraction of sp³-hybridized carbons (Fsp3) is 0.467. The molecular formula is C15H20N2O3. The van der Waals surface area contributed by atoms with Crippen LogP contribution in [0.1, 0.15) is 18.9 Å². The van der Waals surface area contributed by atoms with Gasteiger partial charge < -0.3 is 15.7 Å². The molecular weight excluding hydrogens is 256 g/mol. The molecule has 0 spiro atoms. The third-order valence-electron chi connectivity index (χ3n) is 3.69. The molecule has 1 aliphatic rings. The first-order chi connectivity index (χ1) is 9.56. The SMILES string of the molecule is CC1CC1CNC(=O)NC(Cc1ccccc1)C(=O)O. The largest absolute Gasteiger partial charge is 0.480 e. The fourth-order valence-electron chi connectivity index (χ4n) is 2.17. The summed E-state index contributed by atoms with van der Waals surface area (Å²) in [4.78, 5) is 22.9. The predicted molar refractivity (Wildman–Crippen MR) is 75.4 cm³/mol. The van der Waals surface area contributed by atoms with Gasteiger partial charge in [0.25, 0.3) is 0 Å². The van der Waals surface area contributed by atoms with Crippen molar-refractivity contribution in [3.05, 3.63) is 35.9 Å². The Balaban J connectivity index is 1.82. The van der Waals surface area contributed by atoms with Crippen molar-refractivity contribution in [1.82, 2.24) is 10.6 Å². The number of urea groups is 1. The van der Waals surface area contributed by atoms with Gasteiger partial charge in [0.2, 0.25) is 0 Å². The smallest absolute Gasteiger partial charge is 0.326 e. The van der Waals surface area contributed by atoms with E-state index in [-0.39, 0.29) is 6.42 Å². The quantitative estimate of drug-likeness (QED) is 0.739. The molecule has 5 heteroatoms. The highest BCUT2D eigenvalue weighted by molar-refractivity contribution is 5.82. The molecule has 1 aliphatic carbocycles. The van der Waals surface area contributed by atoms with Gasteiger partial charge in [0.05, 0.1) is 0 Å². The number of hydrogen-bond acceptors (Lipinski definition) is 2. The number of hydrogen-bond donors (Lipinski definition) is 3. The van der Waals surface area contributed by atoms with Crippen molar-refractivity contribution in [1.29, 1.82) is 0 Å². The number of carbonyl (C=O) groups excluding carboxylic acids is 1. The van der Waals surface area contributed by atoms with Crippen molar-refractivity contribution >= 4 is 12.0 Å². The Kier molecular flexibility index (Phi) is 4.61. The summed E-state index contributed by atoms with van der Waals surface area (Å²) in [6.45, 7) is 2.75. The standard InChI is InChI=1S/C15H20N2O3/c1-10-7-12(10)9-16-15(20)17-13(14(18)19)8-11-5-3-2-4-6-11/h2-6,10,12-13H,7-9H2,1H3,(H,18,19)(H2,16,17,20). The van der Waals surface area contributed by atoms with Crippen LogP contribution in [-0.4, -0.2) is 29.7 Å². The molecule has 0 radical (unpaired) electrons. The molecule has 1 fully saturated rings. The normalized spacial score (nSPS) is 21.9. The molecule has 2 amide bonds. The van der Waals surface area contributed by atoms with E-state index in [1.54, 1.807) is 0 Å². The summed E-state index contributed by atoms with van der Waals surface area (Å²) < 4.78 is 0. The first-order valence-corrected chi connectivity index (χ1v) is 6.87. The molecule has 1 aromatic rings. The summed E-state index contributed by atoms with van der Waals surface area (Å²) >= 11 is 0. The van der Waals surface area contributed by atoms with Crippen molar-refractivity contribution in [2.45, 2.75) is 25.8 Å². The van der Waals surface area contributed by atoms with Crippen LogP contribution in [0.2, 0.25) is 0 Å². The molecule has 2 rings (SSSR count). The fourth-order valence-corrected chi connectivity index (χ4v) is 2.17. The lowest BCUT2D eigenvalue weighted by atomic mass is 10.1. The van der Waals surface area contributed by atoms with E-state index in [0.717, 1.165) is 12.0 Å². The Bertz CT molecular complexity index is 475. The second-order valence-corrected chi connectivity index (χ2v) is 5.41. The lowest BCUT2D eigenvalue weighted by molar-refractivity contribution is -0.139. The number of carboxylic acid groups (broad SMARTS) is 1. The first-order valence-electron chi connectivity index (χ1n) is 6.87. The maximum Gasteiger partial charge on any atom is 0.326 e. The number of rotatable bonds is 6. The molecule has 20 heavy (non-hydrogen) atoms. The van der Waals surface area contributed by atoms with Crippen molar-refractivity contribution in [2.24, 2.45) is 11.8 Å². The Hall–Kier alpha value is -2.04. The van der Waals surface area contributed by atoms with Crippen LogP contribution >= 0.6 is 0 Å². The van der Waals surface area contributed by atoms with Gasteiger partial charge >= 0.3 is 12.0 Å². The van der Waals surface area contributed by atoms with Gasteiger partial charge in [0.15, 0.2) is 0 Å².